The topological polar surface area (TPSA) is 93.1 Å². The fraction of sp³-hybridized carbons (Fsp3) is 0.357. The molecule has 1 amide bonds. The molecular weight excluding hydrogens is 278 g/mol. The van der Waals surface area contributed by atoms with Gasteiger partial charge in [0.1, 0.15) is 6.61 Å². The first kappa shape index (κ1) is 16.6. The summed E-state index contributed by atoms with van der Waals surface area (Å²) in [4.78, 5) is 38.5. The number of amides is 1. The van der Waals surface area contributed by atoms with Gasteiger partial charge in [-0.05, 0) is 12.0 Å². The van der Waals surface area contributed by atoms with Gasteiger partial charge in [0.15, 0.2) is 6.04 Å². The predicted octanol–water partition coefficient (Wildman–Crippen LogP) is 0.983. The van der Waals surface area contributed by atoms with E-state index < -0.39 is 18.0 Å². The highest BCUT2D eigenvalue weighted by Gasteiger charge is 2.26. The van der Waals surface area contributed by atoms with Gasteiger partial charge in [-0.1, -0.05) is 30.3 Å². The Morgan fingerprint density at radius 3 is 2.52 bits per heavy atom. The molecular formula is C14H17NO6. The average molecular weight is 295 g/mol. The van der Waals surface area contributed by atoms with Gasteiger partial charge in [0.2, 0.25) is 6.41 Å². The number of benzene rings is 1. The molecule has 0 aliphatic carbocycles. The molecule has 0 aliphatic rings. The Morgan fingerprint density at radius 2 is 2.00 bits per heavy atom. The Bertz CT molecular complexity index is 476. The molecule has 1 rings (SSSR count). The van der Waals surface area contributed by atoms with Crippen molar-refractivity contribution in [1.82, 2.24) is 5.06 Å². The lowest BCUT2D eigenvalue weighted by Crippen LogP contribution is -2.40. The molecule has 0 saturated heterocycles. The summed E-state index contributed by atoms with van der Waals surface area (Å²) in [6.45, 7) is 0.0571. The molecule has 0 aliphatic heterocycles. The summed E-state index contributed by atoms with van der Waals surface area (Å²) >= 11 is 0. The minimum Gasteiger partial charge on any atom is -0.480 e. The van der Waals surface area contributed by atoms with Gasteiger partial charge in [-0.2, -0.15) is 0 Å². The normalized spacial score (nSPS) is 11.5. The molecule has 0 saturated carbocycles. The van der Waals surface area contributed by atoms with Crippen LogP contribution in [0.5, 0.6) is 0 Å². The summed E-state index contributed by atoms with van der Waals surface area (Å²) in [6.07, 6.45) is 0.0844. The van der Waals surface area contributed by atoms with E-state index in [0.29, 0.717) is 11.5 Å². The van der Waals surface area contributed by atoms with Crippen molar-refractivity contribution in [3.63, 3.8) is 0 Å². The number of ether oxygens (including phenoxy) is 1. The molecule has 1 N–H and O–H groups in total. The first-order valence-corrected chi connectivity index (χ1v) is 6.28. The van der Waals surface area contributed by atoms with Crippen LogP contribution in [0.15, 0.2) is 30.3 Å². The number of methoxy groups -OCH3 is 1. The minimum atomic E-state index is -1.25. The van der Waals surface area contributed by atoms with Crippen LogP contribution >= 0.6 is 0 Å². The molecule has 0 heterocycles. The highest BCUT2D eigenvalue weighted by Crippen LogP contribution is 2.10. The van der Waals surface area contributed by atoms with E-state index in [1.807, 2.05) is 6.07 Å². The lowest BCUT2D eigenvalue weighted by atomic mass is 10.1. The van der Waals surface area contributed by atoms with E-state index in [1.165, 1.54) is 7.11 Å². The van der Waals surface area contributed by atoms with Crippen LogP contribution in [0.2, 0.25) is 0 Å². The Kier molecular flexibility index (Phi) is 6.90. The van der Waals surface area contributed by atoms with Gasteiger partial charge < -0.3 is 9.84 Å². The van der Waals surface area contributed by atoms with Gasteiger partial charge in [0, 0.05) is 6.42 Å². The maximum atomic E-state index is 11.2. The van der Waals surface area contributed by atoms with E-state index in [-0.39, 0.29) is 19.4 Å². The van der Waals surface area contributed by atoms with E-state index in [2.05, 4.69) is 4.74 Å². The first-order chi connectivity index (χ1) is 10.1. The monoisotopic (exact) mass is 295 g/mol. The van der Waals surface area contributed by atoms with Crippen LogP contribution in [0.4, 0.5) is 0 Å². The molecule has 0 radical (unpaired) electrons. The van der Waals surface area contributed by atoms with Crippen molar-refractivity contribution in [1.29, 1.82) is 0 Å². The third-order valence-corrected chi connectivity index (χ3v) is 2.77. The number of carbonyl (C=O) groups is 3. The van der Waals surface area contributed by atoms with Crippen LogP contribution in [-0.2, 0) is 30.6 Å². The molecule has 0 bridgehead atoms. The van der Waals surface area contributed by atoms with E-state index in [4.69, 9.17) is 9.94 Å². The SMILES string of the molecule is COC(=O)CCC(C(=O)O)N(C=O)OCc1ccccc1. The van der Waals surface area contributed by atoms with Crippen molar-refractivity contribution in [3.8, 4) is 0 Å². The smallest absolute Gasteiger partial charge is 0.329 e. The van der Waals surface area contributed by atoms with Crippen LogP contribution in [0, 0.1) is 0 Å². The first-order valence-electron chi connectivity index (χ1n) is 6.28. The van der Waals surface area contributed by atoms with Gasteiger partial charge in [-0.15, -0.1) is 0 Å². The molecule has 1 aromatic rings. The number of carboxylic acid groups (broad SMARTS) is 1. The molecule has 1 aromatic carbocycles. The number of hydrogen-bond donors (Lipinski definition) is 1. The number of nitrogens with zero attached hydrogens (tertiary/aromatic N) is 1. The largest absolute Gasteiger partial charge is 0.480 e. The summed E-state index contributed by atoms with van der Waals surface area (Å²) < 4.78 is 4.44. The van der Waals surface area contributed by atoms with Crippen LogP contribution in [0.1, 0.15) is 18.4 Å². The molecule has 7 nitrogen and oxygen atoms in total. The molecule has 0 spiro atoms. The second kappa shape index (κ2) is 8.70. The Hall–Kier alpha value is -2.41. The van der Waals surface area contributed by atoms with Crippen LogP contribution in [0.3, 0.4) is 0 Å². The molecule has 114 valence electrons. The molecule has 0 fully saturated rings. The van der Waals surface area contributed by atoms with Crippen molar-refractivity contribution in [2.45, 2.75) is 25.5 Å². The zero-order valence-corrected chi connectivity index (χ0v) is 11.6. The van der Waals surface area contributed by atoms with Gasteiger partial charge >= 0.3 is 11.9 Å². The van der Waals surface area contributed by atoms with E-state index >= 15 is 0 Å². The van der Waals surface area contributed by atoms with E-state index in [0.717, 1.165) is 5.56 Å². The fourth-order valence-electron chi connectivity index (χ4n) is 1.63. The zero-order valence-electron chi connectivity index (χ0n) is 11.6. The number of carbonyl (C=O) groups excluding carboxylic acids is 2. The summed E-state index contributed by atoms with van der Waals surface area (Å²) in [5.74, 6) is -1.80. The van der Waals surface area contributed by atoms with Crippen LogP contribution in [0.25, 0.3) is 0 Å². The second-order valence-electron chi connectivity index (χ2n) is 4.19. The molecule has 0 aromatic heterocycles. The standard InChI is InChI=1S/C14H17NO6/c1-20-13(17)8-7-12(14(18)19)15(10-16)21-9-11-5-3-2-4-6-11/h2-6,10,12H,7-9H2,1H3,(H,18,19). The zero-order chi connectivity index (χ0) is 15.7. The maximum Gasteiger partial charge on any atom is 0.329 e. The number of hydrogen-bond acceptors (Lipinski definition) is 5. The lowest BCUT2D eigenvalue weighted by Gasteiger charge is -2.23. The summed E-state index contributed by atoms with van der Waals surface area (Å²) in [6, 6.07) is 7.76. The van der Waals surface area contributed by atoms with Crippen LogP contribution < -0.4 is 0 Å². The number of carboxylic acids is 1. The van der Waals surface area contributed by atoms with Crippen molar-refractivity contribution < 1.29 is 29.1 Å². The number of esters is 1. The number of hydroxylamine groups is 2. The Morgan fingerprint density at radius 1 is 1.33 bits per heavy atom. The van der Waals surface area contributed by atoms with Gasteiger partial charge in [0.25, 0.3) is 0 Å². The molecule has 7 heteroatoms. The lowest BCUT2D eigenvalue weighted by molar-refractivity contribution is -0.201. The van der Waals surface area contributed by atoms with Gasteiger partial charge in [0.05, 0.1) is 7.11 Å². The van der Waals surface area contributed by atoms with Crippen molar-refractivity contribution in [3.05, 3.63) is 35.9 Å². The highest BCUT2D eigenvalue weighted by atomic mass is 16.7. The van der Waals surface area contributed by atoms with E-state index in [9.17, 15) is 14.4 Å². The van der Waals surface area contributed by atoms with Gasteiger partial charge in [-0.3, -0.25) is 14.4 Å². The fourth-order valence-corrected chi connectivity index (χ4v) is 1.63. The van der Waals surface area contributed by atoms with Crippen molar-refractivity contribution in [2.24, 2.45) is 0 Å². The summed E-state index contributed by atoms with van der Waals surface area (Å²) in [5.41, 5.74) is 0.793. The Balaban J connectivity index is 2.62. The summed E-state index contributed by atoms with van der Waals surface area (Å²) in [5, 5.41) is 9.83. The van der Waals surface area contributed by atoms with Crippen molar-refractivity contribution >= 4 is 18.3 Å². The second-order valence-corrected chi connectivity index (χ2v) is 4.19. The van der Waals surface area contributed by atoms with Crippen molar-refractivity contribution in [2.75, 3.05) is 7.11 Å². The molecule has 21 heavy (non-hydrogen) atoms. The quantitative estimate of drug-likeness (QED) is 0.415. The van der Waals surface area contributed by atoms with E-state index in [1.54, 1.807) is 24.3 Å². The number of rotatable bonds is 9. The van der Waals surface area contributed by atoms with Crippen LogP contribution in [-0.4, -0.2) is 41.7 Å². The third kappa shape index (κ3) is 5.62. The predicted molar refractivity (Wildman–Crippen MR) is 71.8 cm³/mol. The van der Waals surface area contributed by atoms with Gasteiger partial charge in [-0.25, -0.2) is 9.86 Å². The maximum absolute atomic E-state index is 11.2. The number of aliphatic carboxylic acids is 1. The highest BCUT2D eigenvalue weighted by molar-refractivity contribution is 5.77. The molecule has 1 unspecified atom stereocenters. The minimum absolute atomic E-state index is 0.0571. The third-order valence-electron chi connectivity index (χ3n) is 2.77. The summed E-state index contributed by atoms with van der Waals surface area (Å²) in [7, 11) is 1.21. The Labute approximate surface area is 122 Å². The average Bonchev–Trinajstić information content (AvgIpc) is 2.50. The molecule has 1 atom stereocenters.